The highest BCUT2D eigenvalue weighted by Crippen LogP contribution is 2.25. The third kappa shape index (κ3) is 4.64. The number of hydrogen-bond donors (Lipinski definition) is 0. The zero-order valence-corrected chi connectivity index (χ0v) is 12.0. The molecule has 0 amide bonds. The van der Waals surface area contributed by atoms with Gasteiger partial charge in [0.15, 0.2) is 0 Å². The van der Waals surface area contributed by atoms with E-state index in [1.54, 1.807) is 0 Å². The molecule has 0 radical (unpaired) electrons. The molecule has 0 unspecified atom stereocenters. The summed E-state index contributed by atoms with van der Waals surface area (Å²) in [5.74, 6) is 0. The third-order valence-electron chi connectivity index (χ3n) is 3.09. The van der Waals surface area contributed by atoms with Crippen LogP contribution in [-0.4, -0.2) is 13.1 Å². The van der Waals surface area contributed by atoms with Crippen LogP contribution in [0.15, 0.2) is 24.3 Å². The molecular formula is C16H21N3. The molecular weight excluding hydrogens is 234 g/mol. The summed E-state index contributed by atoms with van der Waals surface area (Å²) in [4.78, 5) is 2.10. The van der Waals surface area contributed by atoms with Crippen LogP contribution in [0.1, 0.15) is 39.2 Å². The van der Waals surface area contributed by atoms with Gasteiger partial charge in [-0.05, 0) is 23.1 Å². The predicted molar refractivity (Wildman–Crippen MR) is 77.8 cm³/mol. The van der Waals surface area contributed by atoms with Crippen molar-refractivity contribution in [2.24, 2.45) is 0 Å². The van der Waals surface area contributed by atoms with E-state index in [1.807, 2.05) is 0 Å². The Bertz CT molecular complexity index is 451. The topological polar surface area (TPSA) is 50.8 Å². The molecule has 0 saturated heterocycles. The number of anilines is 1. The SMILES string of the molecule is CC(C)(C)c1ccc(N(CCC#N)CCC#N)cc1. The number of rotatable bonds is 5. The molecule has 3 nitrogen and oxygen atoms in total. The molecule has 0 saturated carbocycles. The molecule has 19 heavy (non-hydrogen) atoms. The highest BCUT2D eigenvalue weighted by molar-refractivity contribution is 5.48. The quantitative estimate of drug-likeness (QED) is 0.807. The van der Waals surface area contributed by atoms with Crippen molar-refractivity contribution < 1.29 is 0 Å². The van der Waals surface area contributed by atoms with E-state index in [2.05, 4.69) is 62.1 Å². The van der Waals surface area contributed by atoms with Gasteiger partial charge in [-0.3, -0.25) is 0 Å². The van der Waals surface area contributed by atoms with Crippen LogP contribution in [0.4, 0.5) is 5.69 Å². The van der Waals surface area contributed by atoms with Crippen LogP contribution < -0.4 is 4.90 Å². The minimum Gasteiger partial charge on any atom is -0.369 e. The highest BCUT2D eigenvalue weighted by atomic mass is 15.1. The van der Waals surface area contributed by atoms with Crippen molar-refractivity contribution in [1.82, 2.24) is 0 Å². The van der Waals surface area contributed by atoms with Crippen molar-refractivity contribution in [1.29, 1.82) is 10.5 Å². The summed E-state index contributed by atoms with van der Waals surface area (Å²) >= 11 is 0. The smallest absolute Gasteiger partial charge is 0.0640 e. The lowest BCUT2D eigenvalue weighted by atomic mass is 9.87. The van der Waals surface area contributed by atoms with Gasteiger partial charge in [0.25, 0.3) is 0 Å². The van der Waals surface area contributed by atoms with Gasteiger partial charge in [-0.15, -0.1) is 0 Å². The molecule has 0 aliphatic rings. The average Bonchev–Trinajstić information content (AvgIpc) is 2.38. The first-order valence-electron chi connectivity index (χ1n) is 6.58. The Morgan fingerprint density at radius 2 is 1.42 bits per heavy atom. The third-order valence-corrected chi connectivity index (χ3v) is 3.09. The van der Waals surface area contributed by atoms with Gasteiger partial charge in [-0.2, -0.15) is 10.5 Å². The molecule has 100 valence electrons. The van der Waals surface area contributed by atoms with E-state index in [9.17, 15) is 0 Å². The number of nitriles is 2. The van der Waals surface area contributed by atoms with Crippen LogP contribution in [0.3, 0.4) is 0 Å². The van der Waals surface area contributed by atoms with E-state index < -0.39 is 0 Å². The van der Waals surface area contributed by atoms with Gasteiger partial charge in [-0.1, -0.05) is 32.9 Å². The normalized spacial score (nSPS) is 10.6. The van der Waals surface area contributed by atoms with Gasteiger partial charge in [0.1, 0.15) is 0 Å². The van der Waals surface area contributed by atoms with Crippen molar-refractivity contribution in [2.75, 3.05) is 18.0 Å². The number of nitrogens with zero attached hydrogens (tertiary/aromatic N) is 3. The van der Waals surface area contributed by atoms with Gasteiger partial charge in [0, 0.05) is 18.8 Å². The zero-order valence-electron chi connectivity index (χ0n) is 12.0. The Morgan fingerprint density at radius 3 is 1.79 bits per heavy atom. The van der Waals surface area contributed by atoms with Crippen LogP contribution >= 0.6 is 0 Å². The second kappa shape index (κ2) is 6.81. The molecule has 0 fully saturated rings. The van der Waals surface area contributed by atoms with Crippen molar-refractivity contribution >= 4 is 5.69 Å². The van der Waals surface area contributed by atoms with Crippen molar-refractivity contribution in [3.63, 3.8) is 0 Å². The average molecular weight is 255 g/mol. The summed E-state index contributed by atoms with van der Waals surface area (Å²) in [6.07, 6.45) is 0.957. The lowest BCUT2D eigenvalue weighted by Crippen LogP contribution is -2.25. The maximum atomic E-state index is 8.70. The predicted octanol–water partition coefficient (Wildman–Crippen LogP) is 3.62. The molecule has 1 aromatic rings. The Kier molecular flexibility index (Phi) is 5.39. The summed E-state index contributed by atoms with van der Waals surface area (Å²) in [7, 11) is 0. The van der Waals surface area contributed by atoms with E-state index in [0.717, 1.165) is 5.69 Å². The minimum absolute atomic E-state index is 0.142. The molecule has 0 aliphatic heterocycles. The van der Waals surface area contributed by atoms with Crippen molar-refractivity contribution in [2.45, 2.75) is 39.0 Å². The summed E-state index contributed by atoms with van der Waals surface area (Å²) < 4.78 is 0. The van der Waals surface area contributed by atoms with E-state index >= 15 is 0 Å². The van der Waals surface area contributed by atoms with E-state index in [4.69, 9.17) is 10.5 Å². The van der Waals surface area contributed by atoms with Gasteiger partial charge in [0.05, 0.1) is 25.0 Å². The first-order valence-corrected chi connectivity index (χ1v) is 6.58. The van der Waals surface area contributed by atoms with Crippen LogP contribution in [0.25, 0.3) is 0 Å². The monoisotopic (exact) mass is 255 g/mol. The molecule has 0 bridgehead atoms. The first kappa shape index (κ1) is 15.1. The van der Waals surface area contributed by atoms with Gasteiger partial charge in [-0.25, -0.2) is 0 Å². The molecule has 0 spiro atoms. The maximum absolute atomic E-state index is 8.70. The second-order valence-corrected chi connectivity index (χ2v) is 5.60. The Hall–Kier alpha value is -2.00. The van der Waals surface area contributed by atoms with E-state index in [-0.39, 0.29) is 5.41 Å². The van der Waals surface area contributed by atoms with E-state index in [0.29, 0.717) is 25.9 Å². The Morgan fingerprint density at radius 1 is 0.947 bits per heavy atom. The van der Waals surface area contributed by atoms with Gasteiger partial charge < -0.3 is 4.90 Å². The van der Waals surface area contributed by atoms with Gasteiger partial charge in [0.2, 0.25) is 0 Å². The molecule has 1 rings (SSSR count). The second-order valence-electron chi connectivity index (χ2n) is 5.60. The highest BCUT2D eigenvalue weighted by Gasteiger charge is 2.14. The lowest BCUT2D eigenvalue weighted by Gasteiger charge is -2.25. The zero-order chi connectivity index (χ0) is 14.3. The molecule has 1 aromatic carbocycles. The largest absolute Gasteiger partial charge is 0.369 e. The molecule has 0 N–H and O–H groups in total. The number of hydrogen-bond acceptors (Lipinski definition) is 3. The first-order chi connectivity index (χ1) is 8.99. The lowest BCUT2D eigenvalue weighted by molar-refractivity contribution is 0.590. The van der Waals surface area contributed by atoms with Crippen molar-refractivity contribution in [3.05, 3.63) is 29.8 Å². The van der Waals surface area contributed by atoms with E-state index in [1.165, 1.54) is 5.56 Å². The maximum Gasteiger partial charge on any atom is 0.0640 e. The van der Waals surface area contributed by atoms with Crippen LogP contribution in [0.2, 0.25) is 0 Å². The summed E-state index contributed by atoms with van der Waals surface area (Å²) in [5, 5.41) is 17.4. The number of benzene rings is 1. The molecule has 0 heterocycles. The fraction of sp³-hybridized carbons (Fsp3) is 0.500. The molecule has 0 aliphatic carbocycles. The summed E-state index contributed by atoms with van der Waals surface area (Å²) in [6.45, 7) is 7.90. The van der Waals surface area contributed by atoms with Crippen LogP contribution in [0, 0.1) is 22.7 Å². The Labute approximate surface area is 116 Å². The standard InChI is InChI=1S/C16H21N3/c1-16(2,3)14-6-8-15(9-7-14)19(12-4-10-17)13-5-11-18/h6-9H,4-5,12-13H2,1-3H3. The van der Waals surface area contributed by atoms with Crippen molar-refractivity contribution in [3.8, 4) is 12.1 Å². The van der Waals surface area contributed by atoms with Crippen LogP contribution in [-0.2, 0) is 5.41 Å². The molecule has 3 heteroatoms. The fourth-order valence-electron chi connectivity index (χ4n) is 1.91. The minimum atomic E-state index is 0.142. The van der Waals surface area contributed by atoms with Gasteiger partial charge >= 0.3 is 0 Å². The fourth-order valence-corrected chi connectivity index (χ4v) is 1.91. The molecule has 0 aromatic heterocycles. The summed E-state index contributed by atoms with van der Waals surface area (Å²) in [5.41, 5.74) is 2.51. The van der Waals surface area contributed by atoms with Crippen LogP contribution in [0.5, 0.6) is 0 Å². The molecule has 0 atom stereocenters. The summed E-state index contributed by atoms with van der Waals surface area (Å²) in [6, 6.07) is 12.7. The Balaban J connectivity index is 2.85.